The lowest BCUT2D eigenvalue weighted by molar-refractivity contribution is 0.0637. The van der Waals surface area contributed by atoms with Gasteiger partial charge in [0.05, 0.1) is 0 Å². The van der Waals surface area contributed by atoms with E-state index < -0.39 is 0 Å². The third-order valence-corrected chi connectivity index (χ3v) is 3.88. The Morgan fingerprint density at radius 1 is 1.45 bits per heavy atom. The van der Waals surface area contributed by atoms with E-state index in [0.29, 0.717) is 11.6 Å². The molecule has 2 nitrogen and oxygen atoms in total. The van der Waals surface area contributed by atoms with Gasteiger partial charge in [-0.25, -0.2) is 3.11 Å². The van der Waals surface area contributed by atoms with Crippen LogP contribution in [0.4, 0.5) is 0 Å². The Morgan fingerprint density at radius 3 is 2.45 bits per heavy atom. The van der Waals surface area contributed by atoms with Crippen LogP contribution in [-0.4, -0.2) is 39.7 Å². The summed E-state index contributed by atoms with van der Waals surface area (Å²) < 4.78 is 2.40. The number of nitrogens with zero attached hydrogens (tertiary/aromatic N) is 2. The van der Waals surface area contributed by atoms with E-state index in [4.69, 9.17) is 0 Å². The molecule has 0 saturated carbocycles. The summed E-state index contributed by atoms with van der Waals surface area (Å²) in [5.74, 6) is 0. The van der Waals surface area contributed by atoms with Crippen molar-refractivity contribution in [2.24, 2.45) is 0 Å². The Kier molecular flexibility index (Phi) is 2.82. The second kappa shape index (κ2) is 3.18. The third-order valence-electron chi connectivity index (χ3n) is 2.59. The van der Waals surface area contributed by atoms with Crippen LogP contribution in [0.2, 0.25) is 0 Å². The zero-order valence-electron chi connectivity index (χ0n) is 7.76. The van der Waals surface area contributed by atoms with Gasteiger partial charge >= 0.3 is 0 Å². The quantitative estimate of drug-likeness (QED) is 0.488. The minimum Gasteiger partial charge on any atom is -0.298 e. The van der Waals surface area contributed by atoms with Crippen molar-refractivity contribution in [2.45, 2.75) is 32.4 Å². The van der Waals surface area contributed by atoms with Crippen molar-refractivity contribution in [3.05, 3.63) is 0 Å². The lowest BCUT2D eigenvalue weighted by atomic mass is 9.99. The normalized spacial score (nSPS) is 34.1. The molecule has 0 aliphatic carbocycles. The van der Waals surface area contributed by atoms with E-state index in [-0.39, 0.29) is 0 Å². The molecule has 66 valence electrons. The molecule has 0 aromatic heterocycles. The Bertz CT molecular complexity index is 147. The predicted octanol–water partition coefficient (Wildman–Crippen LogP) is 1.75. The van der Waals surface area contributed by atoms with E-state index in [0.717, 1.165) is 6.54 Å². The van der Waals surface area contributed by atoms with E-state index in [1.807, 2.05) is 0 Å². The molecular formula is C8H17IN2. The first-order valence-electron chi connectivity index (χ1n) is 4.07. The molecule has 1 fully saturated rings. The summed E-state index contributed by atoms with van der Waals surface area (Å²) in [7, 11) is 2.21. The van der Waals surface area contributed by atoms with Crippen LogP contribution in [0, 0.1) is 0 Å². The topological polar surface area (TPSA) is 6.48 Å². The average molecular weight is 268 g/mol. The van der Waals surface area contributed by atoms with Crippen LogP contribution < -0.4 is 0 Å². The van der Waals surface area contributed by atoms with Crippen molar-refractivity contribution in [1.82, 2.24) is 8.01 Å². The van der Waals surface area contributed by atoms with E-state index in [2.05, 4.69) is 58.7 Å². The fourth-order valence-electron chi connectivity index (χ4n) is 1.38. The zero-order chi connectivity index (χ0) is 8.65. The van der Waals surface area contributed by atoms with Crippen LogP contribution in [0.1, 0.15) is 20.8 Å². The molecule has 1 saturated heterocycles. The molecule has 0 spiro atoms. The number of likely N-dealkylation sites (N-methyl/N-ethyl adjacent to an activating group) is 1. The molecule has 3 heteroatoms. The fourth-order valence-corrected chi connectivity index (χ4v) is 2.39. The van der Waals surface area contributed by atoms with Gasteiger partial charge in [-0.1, -0.05) is 0 Å². The van der Waals surface area contributed by atoms with E-state index in [1.54, 1.807) is 0 Å². The van der Waals surface area contributed by atoms with Crippen LogP contribution in [0.15, 0.2) is 0 Å². The molecule has 11 heavy (non-hydrogen) atoms. The van der Waals surface area contributed by atoms with Gasteiger partial charge in [0.2, 0.25) is 0 Å². The van der Waals surface area contributed by atoms with Gasteiger partial charge in [-0.15, -0.1) is 0 Å². The SMILES string of the molecule is C[C@H]1CN(C)C(C)(C)CN1I. The molecule has 1 aliphatic heterocycles. The average Bonchev–Trinajstić information content (AvgIpc) is 1.83. The van der Waals surface area contributed by atoms with Gasteiger partial charge in [-0.2, -0.15) is 0 Å². The van der Waals surface area contributed by atoms with E-state index >= 15 is 0 Å². The van der Waals surface area contributed by atoms with Gasteiger partial charge in [0, 0.05) is 47.5 Å². The van der Waals surface area contributed by atoms with Crippen LogP contribution in [0.3, 0.4) is 0 Å². The standard InChI is InChI=1S/C8H17IN2/c1-7-5-10(4)8(2,3)6-11(7)9/h7H,5-6H2,1-4H3/t7-/m0/s1. The number of halogens is 1. The summed E-state index contributed by atoms with van der Waals surface area (Å²) in [4.78, 5) is 2.44. The Morgan fingerprint density at radius 2 is 2.00 bits per heavy atom. The monoisotopic (exact) mass is 268 g/mol. The van der Waals surface area contributed by atoms with Crippen molar-refractivity contribution in [3.8, 4) is 0 Å². The smallest absolute Gasteiger partial charge is 0.0294 e. The molecule has 0 bridgehead atoms. The van der Waals surface area contributed by atoms with Crippen molar-refractivity contribution in [2.75, 3.05) is 20.1 Å². The Labute approximate surface area is 83.4 Å². The molecule has 1 rings (SSSR count). The first kappa shape index (κ1) is 9.74. The van der Waals surface area contributed by atoms with Crippen molar-refractivity contribution < 1.29 is 0 Å². The van der Waals surface area contributed by atoms with E-state index in [1.165, 1.54) is 6.54 Å². The summed E-state index contributed by atoms with van der Waals surface area (Å²) in [6.07, 6.45) is 0. The minimum absolute atomic E-state index is 0.341. The zero-order valence-corrected chi connectivity index (χ0v) is 9.92. The van der Waals surface area contributed by atoms with E-state index in [9.17, 15) is 0 Å². The summed E-state index contributed by atoms with van der Waals surface area (Å²) in [6.45, 7) is 9.20. The molecule has 0 aromatic rings. The summed E-state index contributed by atoms with van der Waals surface area (Å²) >= 11 is 2.42. The number of hydrogen-bond donors (Lipinski definition) is 0. The highest BCUT2D eigenvalue weighted by Crippen LogP contribution is 2.24. The lowest BCUT2D eigenvalue weighted by Crippen LogP contribution is -2.58. The second-order valence-electron chi connectivity index (χ2n) is 4.10. The number of rotatable bonds is 0. The van der Waals surface area contributed by atoms with Gasteiger partial charge in [-0.05, 0) is 27.8 Å². The van der Waals surface area contributed by atoms with Crippen LogP contribution in [-0.2, 0) is 0 Å². The second-order valence-corrected chi connectivity index (χ2v) is 5.34. The highest BCUT2D eigenvalue weighted by molar-refractivity contribution is 14.1. The summed E-state index contributed by atoms with van der Waals surface area (Å²) in [6, 6.07) is 0.689. The highest BCUT2D eigenvalue weighted by atomic mass is 127. The first-order chi connectivity index (χ1) is 4.93. The Balaban J connectivity index is 2.63. The van der Waals surface area contributed by atoms with Crippen LogP contribution in [0.25, 0.3) is 0 Å². The molecule has 0 unspecified atom stereocenters. The fraction of sp³-hybridized carbons (Fsp3) is 1.00. The predicted molar refractivity (Wildman–Crippen MR) is 56.9 cm³/mol. The molecular weight excluding hydrogens is 251 g/mol. The maximum absolute atomic E-state index is 2.44. The largest absolute Gasteiger partial charge is 0.298 e. The number of hydrogen-bond acceptors (Lipinski definition) is 2. The minimum atomic E-state index is 0.341. The summed E-state index contributed by atoms with van der Waals surface area (Å²) in [5.41, 5.74) is 0.341. The van der Waals surface area contributed by atoms with Crippen molar-refractivity contribution in [1.29, 1.82) is 0 Å². The maximum Gasteiger partial charge on any atom is 0.0294 e. The molecule has 0 aromatic carbocycles. The molecule has 0 radical (unpaired) electrons. The Hall–Kier alpha value is 0.650. The third kappa shape index (κ3) is 2.06. The van der Waals surface area contributed by atoms with Gasteiger partial charge < -0.3 is 0 Å². The van der Waals surface area contributed by atoms with Gasteiger partial charge in [-0.3, -0.25) is 4.90 Å². The molecule has 1 heterocycles. The molecule has 0 amide bonds. The highest BCUT2D eigenvalue weighted by Gasteiger charge is 2.33. The van der Waals surface area contributed by atoms with Crippen LogP contribution >= 0.6 is 22.9 Å². The lowest BCUT2D eigenvalue weighted by Gasteiger charge is -2.46. The number of piperazine rings is 1. The van der Waals surface area contributed by atoms with Crippen LogP contribution in [0.5, 0.6) is 0 Å². The van der Waals surface area contributed by atoms with Gasteiger partial charge in [0.1, 0.15) is 0 Å². The molecule has 1 atom stereocenters. The van der Waals surface area contributed by atoms with Crippen molar-refractivity contribution >= 4 is 22.9 Å². The molecule has 0 N–H and O–H groups in total. The first-order valence-corrected chi connectivity index (χ1v) is 5.03. The van der Waals surface area contributed by atoms with Gasteiger partial charge in [0.15, 0.2) is 0 Å². The summed E-state index contributed by atoms with van der Waals surface area (Å²) in [5, 5.41) is 0. The molecule has 1 aliphatic rings. The maximum atomic E-state index is 2.44. The van der Waals surface area contributed by atoms with Crippen molar-refractivity contribution in [3.63, 3.8) is 0 Å². The van der Waals surface area contributed by atoms with Gasteiger partial charge in [0.25, 0.3) is 0 Å².